The Bertz CT molecular complexity index is 698. The van der Waals surface area contributed by atoms with Gasteiger partial charge in [-0.3, -0.25) is 19.7 Å². The van der Waals surface area contributed by atoms with Crippen molar-refractivity contribution in [2.45, 2.75) is 51.5 Å². The average Bonchev–Trinajstić information content (AvgIpc) is 2.99. The lowest BCUT2D eigenvalue weighted by Crippen LogP contribution is -2.38. The quantitative estimate of drug-likeness (QED) is 0.670. The number of nitrogens with one attached hydrogen (secondary N) is 1. The first kappa shape index (κ1) is 17.4. The number of hydrogen-bond acceptors (Lipinski definition) is 4. The molecule has 0 aromatic heterocycles. The minimum Gasteiger partial charge on any atom is -0.339 e. The van der Waals surface area contributed by atoms with Gasteiger partial charge in [-0.25, -0.2) is 0 Å². The molecule has 7 heteroatoms. The summed E-state index contributed by atoms with van der Waals surface area (Å²) in [4.78, 5) is 37.2. The minimum absolute atomic E-state index is 0.0443. The molecule has 1 aliphatic heterocycles. The summed E-state index contributed by atoms with van der Waals surface area (Å²) >= 11 is 0. The van der Waals surface area contributed by atoms with Crippen LogP contribution >= 0.6 is 0 Å². The summed E-state index contributed by atoms with van der Waals surface area (Å²) in [5, 5.41) is 13.7. The van der Waals surface area contributed by atoms with Crippen molar-refractivity contribution in [2.75, 3.05) is 11.9 Å². The van der Waals surface area contributed by atoms with Crippen LogP contribution in [0.15, 0.2) is 18.2 Å². The molecule has 1 heterocycles. The summed E-state index contributed by atoms with van der Waals surface area (Å²) < 4.78 is 0. The average molecular weight is 345 g/mol. The van der Waals surface area contributed by atoms with Gasteiger partial charge in [-0.15, -0.1) is 0 Å². The van der Waals surface area contributed by atoms with E-state index >= 15 is 0 Å². The summed E-state index contributed by atoms with van der Waals surface area (Å²) in [7, 11) is 0. The number of amides is 2. The highest BCUT2D eigenvalue weighted by Gasteiger charge is 2.38. The summed E-state index contributed by atoms with van der Waals surface area (Å²) in [6.07, 6.45) is 5.75. The van der Waals surface area contributed by atoms with Crippen molar-refractivity contribution in [1.82, 2.24) is 4.90 Å². The normalized spacial score (nSPS) is 21.4. The lowest BCUT2D eigenvalue weighted by Gasteiger charge is -2.31. The third-order valence-electron chi connectivity index (χ3n) is 5.23. The topological polar surface area (TPSA) is 92.5 Å². The number of carbonyl (C=O) groups is 2. The van der Waals surface area contributed by atoms with E-state index in [1.54, 1.807) is 13.0 Å². The van der Waals surface area contributed by atoms with E-state index in [9.17, 15) is 19.7 Å². The van der Waals surface area contributed by atoms with Gasteiger partial charge in [-0.05, 0) is 25.3 Å². The number of nitro groups is 1. The maximum atomic E-state index is 12.6. The second-order valence-corrected chi connectivity index (χ2v) is 6.98. The van der Waals surface area contributed by atoms with Gasteiger partial charge in [0.2, 0.25) is 11.8 Å². The molecule has 0 spiro atoms. The molecule has 1 atom stereocenters. The number of likely N-dealkylation sites (tertiary alicyclic amines) is 1. The largest absolute Gasteiger partial charge is 0.339 e. The Labute approximate surface area is 146 Å². The number of nitrogens with zero attached hydrogens (tertiary/aromatic N) is 2. The molecular weight excluding hydrogens is 322 g/mol. The number of carbonyl (C=O) groups excluding carboxylic acids is 2. The maximum absolute atomic E-state index is 12.6. The number of hydrogen-bond donors (Lipinski definition) is 1. The zero-order valence-electron chi connectivity index (χ0n) is 14.4. The van der Waals surface area contributed by atoms with E-state index in [0.717, 1.165) is 31.2 Å². The zero-order chi connectivity index (χ0) is 18.0. The second kappa shape index (κ2) is 7.21. The smallest absolute Gasteiger partial charge is 0.271 e. The third kappa shape index (κ3) is 3.81. The van der Waals surface area contributed by atoms with Crippen LogP contribution in [0.3, 0.4) is 0 Å². The summed E-state index contributed by atoms with van der Waals surface area (Å²) in [6, 6.07) is 4.65. The summed E-state index contributed by atoms with van der Waals surface area (Å²) in [6.45, 7) is 2.23. The molecule has 1 aromatic carbocycles. The number of anilines is 1. The number of benzene rings is 1. The summed E-state index contributed by atoms with van der Waals surface area (Å²) in [5.74, 6) is -0.592. The van der Waals surface area contributed by atoms with Gasteiger partial charge in [0.1, 0.15) is 0 Å². The molecule has 1 saturated carbocycles. The second-order valence-electron chi connectivity index (χ2n) is 6.98. The first-order valence-electron chi connectivity index (χ1n) is 8.81. The van der Waals surface area contributed by atoms with Gasteiger partial charge in [-0.1, -0.05) is 25.3 Å². The van der Waals surface area contributed by atoms with E-state index in [4.69, 9.17) is 0 Å². The standard InChI is InChI=1S/C18H23N3O4/c1-12-7-8-15(21(24)25)10-16(12)19-18(23)13-9-17(22)20(11-13)14-5-3-2-4-6-14/h7-8,10,13-14H,2-6,9,11H2,1H3,(H,19,23)/t13-/m1/s1. The zero-order valence-corrected chi connectivity index (χ0v) is 14.4. The lowest BCUT2D eigenvalue weighted by atomic mass is 9.94. The van der Waals surface area contributed by atoms with Crippen LogP contribution in [-0.4, -0.2) is 34.2 Å². The van der Waals surface area contributed by atoms with Crippen molar-refractivity contribution in [3.05, 3.63) is 33.9 Å². The van der Waals surface area contributed by atoms with E-state index in [-0.39, 0.29) is 30.0 Å². The van der Waals surface area contributed by atoms with Gasteiger partial charge in [-0.2, -0.15) is 0 Å². The van der Waals surface area contributed by atoms with Gasteiger partial charge < -0.3 is 10.2 Å². The maximum Gasteiger partial charge on any atom is 0.271 e. The molecule has 1 aliphatic carbocycles. The molecule has 3 rings (SSSR count). The molecule has 2 amide bonds. The molecular formula is C18H23N3O4. The highest BCUT2D eigenvalue weighted by Crippen LogP contribution is 2.30. The minimum atomic E-state index is -0.487. The fourth-order valence-corrected chi connectivity index (χ4v) is 3.75. The van der Waals surface area contributed by atoms with Gasteiger partial charge in [0, 0.05) is 31.1 Å². The molecule has 1 saturated heterocycles. The molecule has 134 valence electrons. The highest BCUT2D eigenvalue weighted by atomic mass is 16.6. The fraction of sp³-hybridized carbons (Fsp3) is 0.556. The first-order chi connectivity index (χ1) is 12.0. The number of nitro benzene ring substituents is 1. The molecule has 0 bridgehead atoms. The Balaban J connectivity index is 1.67. The first-order valence-corrected chi connectivity index (χ1v) is 8.81. The van der Waals surface area contributed by atoms with Gasteiger partial charge in [0.25, 0.3) is 5.69 Å². The molecule has 7 nitrogen and oxygen atoms in total. The van der Waals surface area contributed by atoms with Gasteiger partial charge in [0.15, 0.2) is 0 Å². The van der Waals surface area contributed by atoms with Crippen LogP contribution in [0.5, 0.6) is 0 Å². The Hall–Kier alpha value is -2.44. The molecule has 25 heavy (non-hydrogen) atoms. The van der Waals surface area contributed by atoms with Crippen molar-refractivity contribution in [3.8, 4) is 0 Å². The predicted octanol–water partition coefficient (Wildman–Crippen LogP) is 3.02. The lowest BCUT2D eigenvalue weighted by molar-refractivity contribution is -0.384. The van der Waals surface area contributed by atoms with Crippen LogP contribution < -0.4 is 5.32 Å². The van der Waals surface area contributed by atoms with Crippen molar-refractivity contribution >= 4 is 23.2 Å². The Morgan fingerprint density at radius 2 is 2.00 bits per heavy atom. The molecule has 2 fully saturated rings. The van der Waals surface area contributed by atoms with Crippen LogP contribution in [0.2, 0.25) is 0 Å². The predicted molar refractivity (Wildman–Crippen MR) is 93.2 cm³/mol. The van der Waals surface area contributed by atoms with E-state index in [1.165, 1.54) is 18.6 Å². The molecule has 2 aliphatic rings. The van der Waals surface area contributed by atoms with Gasteiger partial charge >= 0.3 is 0 Å². The van der Waals surface area contributed by atoms with Crippen LogP contribution in [0.4, 0.5) is 11.4 Å². The van der Waals surface area contributed by atoms with Crippen molar-refractivity contribution < 1.29 is 14.5 Å². The van der Waals surface area contributed by atoms with Crippen LogP contribution in [0.25, 0.3) is 0 Å². The Morgan fingerprint density at radius 3 is 2.68 bits per heavy atom. The van der Waals surface area contributed by atoms with Crippen LogP contribution in [0, 0.1) is 23.0 Å². The number of rotatable bonds is 4. The van der Waals surface area contributed by atoms with Crippen molar-refractivity contribution in [3.63, 3.8) is 0 Å². The fourth-order valence-electron chi connectivity index (χ4n) is 3.75. The number of aryl methyl sites for hydroxylation is 1. The van der Waals surface area contributed by atoms with E-state index in [1.807, 2.05) is 4.90 Å². The number of non-ortho nitro benzene ring substituents is 1. The van der Waals surface area contributed by atoms with E-state index in [2.05, 4.69) is 5.32 Å². The summed E-state index contributed by atoms with van der Waals surface area (Å²) in [5.41, 5.74) is 1.13. The van der Waals surface area contributed by atoms with Crippen LogP contribution in [-0.2, 0) is 9.59 Å². The Morgan fingerprint density at radius 1 is 1.28 bits per heavy atom. The molecule has 0 unspecified atom stereocenters. The van der Waals surface area contributed by atoms with Crippen LogP contribution in [0.1, 0.15) is 44.1 Å². The van der Waals surface area contributed by atoms with E-state index < -0.39 is 10.8 Å². The SMILES string of the molecule is Cc1ccc([N+](=O)[O-])cc1NC(=O)[C@@H]1CC(=O)N(C2CCCCC2)C1. The van der Waals surface area contributed by atoms with E-state index in [0.29, 0.717) is 12.2 Å². The monoisotopic (exact) mass is 345 g/mol. The highest BCUT2D eigenvalue weighted by molar-refractivity contribution is 5.98. The molecule has 1 N–H and O–H groups in total. The third-order valence-corrected chi connectivity index (χ3v) is 5.23. The molecule has 1 aromatic rings. The Kier molecular flexibility index (Phi) is 5.01. The van der Waals surface area contributed by atoms with Gasteiger partial charge in [0.05, 0.1) is 16.5 Å². The molecule has 0 radical (unpaired) electrons. The van der Waals surface area contributed by atoms with Crippen molar-refractivity contribution in [2.24, 2.45) is 5.92 Å². The van der Waals surface area contributed by atoms with Crippen molar-refractivity contribution in [1.29, 1.82) is 0 Å².